The molecule has 0 aromatic carbocycles. The Morgan fingerprint density at radius 2 is 2.00 bits per heavy atom. The highest BCUT2D eigenvalue weighted by Gasteiger charge is 2.16. The van der Waals surface area contributed by atoms with Gasteiger partial charge in [0, 0.05) is 13.1 Å². The maximum Gasteiger partial charge on any atom is 0.317 e. The highest BCUT2D eigenvalue weighted by molar-refractivity contribution is 5.83. The number of carboxylic acid groups (broad SMARTS) is 1. The molecule has 0 aromatic heterocycles. The van der Waals surface area contributed by atoms with Crippen LogP contribution in [0.1, 0.15) is 13.8 Å². The van der Waals surface area contributed by atoms with Gasteiger partial charge in [0.15, 0.2) is 0 Å². The van der Waals surface area contributed by atoms with Crippen molar-refractivity contribution in [3.8, 4) is 0 Å². The van der Waals surface area contributed by atoms with Crippen LogP contribution in [0.5, 0.6) is 0 Å². The number of nitrogens with two attached hydrogens (primary N) is 1. The van der Waals surface area contributed by atoms with E-state index in [0.29, 0.717) is 6.54 Å². The molecule has 0 rings (SSSR count). The molecule has 0 aromatic rings. The molecule has 0 aliphatic carbocycles. The number of primary amides is 1. The second-order valence-electron chi connectivity index (χ2n) is 3.41. The molecule has 0 radical (unpaired) electrons. The van der Waals surface area contributed by atoms with Gasteiger partial charge in [0.25, 0.3) is 0 Å². The first kappa shape index (κ1) is 14.2. The number of amides is 3. The third-order valence-electron chi connectivity index (χ3n) is 2.00. The van der Waals surface area contributed by atoms with Gasteiger partial charge in [-0.25, -0.2) is 4.79 Å². The van der Waals surface area contributed by atoms with Crippen LogP contribution in [-0.2, 0) is 9.59 Å². The number of carbonyl (C=O) groups is 3. The molecule has 7 heteroatoms. The lowest BCUT2D eigenvalue weighted by Gasteiger charge is -2.20. The monoisotopic (exact) mass is 231 g/mol. The largest absolute Gasteiger partial charge is 0.481 e. The molecule has 7 nitrogen and oxygen atoms in total. The molecule has 0 saturated carbocycles. The predicted octanol–water partition coefficient (Wildman–Crippen LogP) is -0.776. The summed E-state index contributed by atoms with van der Waals surface area (Å²) in [5.74, 6) is -2.27. The minimum Gasteiger partial charge on any atom is -0.481 e. The van der Waals surface area contributed by atoms with Crippen molar-refractivity contribution in [1.82, 2.24) is 10.2 Å². The molecule has 0 aliphatic rings. The molecular weight excluding hydrogens is 214 g/mol. The zero-order valence-electron chi connectivity index (χ0n) is 9.40. The molecule has 0 heterocycles. The van der Waals surface area contributed by atoms with E-state index in [1.807, 2.05) is 0 Å². The standard InChI is InChI=1S/C9H17N3O4/c1-3-12(5-7(10)13)9(16)11-4-6(2)8(14)15/h6H,3-5H2,1-2H3,(H2,10,13)(H,11,16)(H,14,15). The number of carbonyl (C=O) groups excluding carboxylic acids is 2. The minimum absolute atomic E-state index is 0.0173. The molecule has 1 atom stereocenters. The fourth-order valence-corrected chi connectivity index (χ4v) is 0.955. The van der Waals surface area contributed by atoms with Crippen molar-refractivity contribution in [2.24, 2.45) is 11.7 Å². The molecule has 0 spiro atoms. The molecule has 0 bridgehead atoms. The normalized spacial score (nSPS) is 11.6. The number of nitrogens with zero attached hydrogens (tertiary/aromatic N) is 1. The molecule has 92 valence electrons. The number of aliphatic carboxylic acids is 1. The lowest BCUT2D eigenvalue weighted by molar-refractivity contribution is -0.140. The van der Waals surface area contributed by atoms with Gasteiger partial charge in [-0.1, -0.05) is 6.92 Å². The van der Waals surface area contributed by atoms with Crippen LogP contribution in [-0.4, -0.2) is 47.5 Å². The van der Waals surface area contributed by atoms with Gasteiger partial charge in [0.2, 0.25) is 5.91 Å². The van der Waals surface area contributed by atoms with Gasteiger partial charge in [-0.2, -0.15) is 0 Å². The van der Waals surface area contributed by atoms with Crippen LogP contribution in [0.2, 0.25) is 0 Å². The molecule has 4 N–H and O–H groups in total. The highest BCUT2D eigenvalue weighted by Crippen LogP contribution is 1.94. The summed E-state index contributed by atoms with van der Waals surface area (Å²) in [5, 5.41) is 11.0. The fourth-order valence-electron chi connectivity index (χ4n) is 0.955. The number of urea groups is 1. The molecule has 0 saturated heterocycles. The van der Waals surface area contributed by atoms with Gasteiger partial charge in [-0.3, -0.25) is 9.59 Å². The Labute approximate surface area is 93.6 Å². The van der Waals surface area contributed by atoms with Crippen LogP contribution in [0.3, 0.4) is 0 Å². The van der Waals surface area contributed by atoms with Crippen molar-refractivity contribution in [1.29, 1.82) is 0 Å². The topological polar surface area (TPSA) is 113 Å². The average Bonchev–Trinajstić information content (AvgIpc) is 2.21. The number of rotatable bonds is 6. The average molecular weight is 231 g/mol. The van der Waals surface area contributed by atoms with Gasteiger partial charge < -0.3 is 21.1 Å². The summed E-state index contributed by atoms with van der Waals surface area (Å²) >= 11 is 0. The van der Waals surface area contributed by atoms with Crippen molar-refractivity contribution in [2.75, 3.05) is 19.6 Å². The van der Waals surface area contributed by atoms with Gasteiger partial charge in [-0.05, 0) is 6.92 Å². The second kappa shape index (κ2) is 6.65. The smallest absolute Gasteiger partial charge is 0.317 e. The van der Waals surface area contributed by atoms with Crippen molar-refractivity contribution < 1.29 is 19.5 Å². The minimum atomic E-state index is -0.988. The molecule has 16 heavy (non-hydrogen) atoms. The summed E-state index contributed by atoms with van der Waals surface area (Å²) in [7, 11) is 0. The third kappa shape index (κ3) is 5.18. The van der Waals surface area contributed by atoms with Crippen molar-refractivity contribution >= 4 is 17.9 Å². The van der Waals surface area contributed by atoms with Crippen LogP contribution in [0.4, 0.5) is 4.79 Å². The van der Waals surface area contributed by atoms with Crippen molar-refractivity contribution in [2.45, 2.75) is 13.8 Å². The Hall–Kier alpha value is -1.79. The molecule has 3 amide bonds. The first-order valence-corrected chi connectivity index (χ1v) is 4.92. The Bertz CT molecular complexity index is 280. The maximum absolute atomic E-state index is 11.5. The van der Waals surface area contributed by atoms with Crippen molar-refractivity contribution in [3.63, 3.8) is 0 Å². The fraction of sp³-hybridized carbons (Fsp3) is 0.667. The first-order chi connectivity index (χ1) is 7.38. The summed E-state index contributed by atoms with van der Waals surface area (Å²) in [5.41, 5.74) is 4.96. The molecular formula is C9H17N3O4. The van der Waals surface area contributed by atoms with Crippen LogP contribution in [0.15, 0.2) is 0 Å². The zero-order valence-corrected chi connectivity index (χ0v) is 9.40. The van der Waals surface area contributed by atoms with Gasteiger partial charge in [0.1, 0.15) is 6.54 Å². The number of hydrogen-bond acceptors (Lipinski definition) is 3. The summed E-state index contributed by atoms with van der Waals surface area (Å²) in [6.07, 6.45) is 0. The molecule has 1 unspecified atom stereocenters. The number of nitrogens with one attached hydrogen (secondary N) is 1. The lowest BCUT2D eigenvalue weighted by atomic mass is 10.2. The predicted molar refractivity (Wildman–Crippen MR) is 56.6 cm³/mol. The second-order valence-corrected chi connectivity index (χ2v) is 3.41. The summed E-state index contributed by atoms with van der Waals surface area (Å²) in [6.45, 7) is 3.35. The van der Waals surface area contributed by atoms with Gasteiger partial charge in [-0.15, -0.1) is 0 Å². The third-order valence-corrected chi connectivity index (χ3v) is 2.00. The lowest BCUT2D eigenvalue weighted by Crippen LogP contribution is -2.45. The Kier molecular flexibility index (Phi) is 5.91. The Morgan fingerprint density at radius 3 is 2.38 bits per heavy atom. The SMILES string of the molecule is CCN(CC(N)=O)C(=O)NCC(C)C(=O)O. The molecule has 0 aliphatic heterocycles. The van der Waals surface area contributed by atoms with E-state index in [1.165, 1.54) is 11.8 Å². The van der Waals surface area contributed by atoms with E-state index in [-0.39, 0.29) is 13.1 Å². The van der Waals surface area contributed by atoms with Crippen LogP contribution in [0.25, 0.3) is 0 Å². The van der Waals surface area contributed by atoms with Crippen LogP contribution >= 0.6 is 0 Å². The number of likely N-dealkylation sites (N-methyl/N-ethyl adjacent to an activating group) is 1. The van der Waals surface area contributed by atoms with Crippen LogP contribution in [0, 0.1) is 5.92 Å². The Morgan fingerprint density at radius 1 is 1.44 bits per heavy atom. The maximum atomic E-state index is 11.5. The number of hydrogen-bond donors (Lipinski definition) is 3. The van der Waals surface area contributed by atoms with E-state index in [0.717, 1.165) is 0 Å². The van der Waals surface area contributed by atoms with Gasteiger partial charge in [0.05, 0.1) is 5.92 Å². The zero-order chi connectivity index (χ0) is 12.7. The number of carboxylic acids is 1. The summed E-state index contributed by atoms with van der Waals surface area (Å²) in [4.78, 5) is 33.8. The van der Waals surface area contributed by atoms with E-state index >= 15 is 0 Å². The van der Waals surface area contributed by atoms with E-state index in [4.69, 9.17) is 10.8 Å². The Balaban J connectivity index is 4.12. The van der Waals surface area contributed by atoms with E-state index in [1.54, 1.807) is 6.92 Å². The van der Waals surface area contributed by atoms with E-state index in [2.05, 4.69) is 5.32 Å². The van der Waals surface area contributed by atoms with Gasteiger partial charge >= 0.3 is 12.0 Å². The highest BCUT2D eigenvalue weighted by atomic mass is 16.4. The summed E-state index contributed by atoms with van der Waals surface area (Å²) in [6, 6.07) is -0.491. The quantitative estimate of drug-likeness (QED) is 0.556. The summed E-state index contributed by atoms with van der Waals surface area (Å²) < 4.78 is 0. The van der Waals surface area contributed by atoms with E-state index < -0.39 is 23.8 Å². The van der Waals surface area contributed by atoms with E-state index in [9.17, 15) is 14.4 Å². The van der Waals surface area contributed by atoms with Crippen LogP contribution < -0.4 is 11.1 Å². The first-order valence-electron chi connectivity index (χ1n) is 4.92. The van der Waals surface area contributed by atoms with Crippen molar-refractivity contribution in [3.05, 3.63) is 0 Å². The molecule has 0 fully saturated rings.